The molecule has 0 aliphatic heterocycles. The molecule has 4 nitrogen and oxygen atoms in total. The summed E-state index contributed by atoms with van der Waals surface area (Å²) in [5.41, 5.74) is 4.48. The van der Waals surface area contributed by atoms with Crippen molar-refractivity contribution in [2.75, 3.05) is 6.67 Å². The SMILES string of the molecule is C=CCn1c2ccccc2c2ccncc21.FCCn1c2ccccc2c2ccncc21. The lowest BCUT2D eigenvalue weighted by Gasteiger charge is -2.02. The summed E-state index contributed by atoms with van der Waals surface area (Å²) in [7, 11) is 0. The molecule has 0 bridgehead atoms. The predicted molar refractivity (Wildman–Crippen MR) is 131 cm³/mol. The van der Waals surface area contributed by atoms with Crippen molar-refractivity contribution < 1.29 is 4.39 Å². The number of nitrogens with zero attached hydrogens (tertiary/aromatic N) is 4. The minimum Gasteiger partial charge on any atom is -0.337 e. The summed E-state index contributed by atoms with van der Waals surface area (Å²) in [4.78, 5) is 8.30. The van der Waals surface area contributed by atoms with Crippen molar-refractivity contribution in [1.82, 2.24) is 19.1 Å². The number of fused-ring (bicyclic) bond motifs is 6. The van der Waals surface area contributed by atoms with E-state index < -0.39 is 0 Å². The summed E-state index contributed by atoms with van der Waals surface area (Å²) in [6.45, 7) is 4.65. The Labute approximate surface area is 185 Å². The van der Waals surface area contributed by atoms with Crippen LogP contribution >= 0.6 is 0 Å². The molecule has 6 rings (SSSR count). The average Bonchev–Trinajstić information content (AvgIpc) is 3.34. The molecule has 5 heteroatoms. The Morgan fingerprint density at radius 2 is 1.19 bits per heavy atom. The first-order valence-electron chi connectivity index (χ1n) is 10.6. The van der Waals surface area contributed by atoms with Gasteiger partial charge in [-0.15, -0.1) is 6.58 Å². The molecule has 0 aliphatic carbocycles. The summed E-state index contributed by atoms with van der Waals surface area (Å²) >= 11 is 0. The number of alkyl halides is 1. The van der Waals surface area contributed by atoms with Crippen molar-refractivity contribution in [2.24, 2.45) is 0 Å². The number of rotatable bonds is 4. The van der Waals surface area contributed by atoms with Gasteiger partial charge >= 0.3 is 0 Å². The van der Waals surface area contributed by atoms with Crippen LogP contribution in [0.4, 0.5) is 4.39 Å². The number of aryl methyl sites for hydroxylation is 1. The third-order valence-electron chi connectivity index (χ3n) is 5.77. The van der Waals surface area contributed by atoms with Crippen LogP contribution < -0.4 is 0 Å². The van der Waals surface area contributed by atoms with E-state index in [1.165, 1.54) is 21.8 Å². The van der Waals surface area contributed by atoms with Crippen LogP contribution in [-0.4, -0.2) is 25.8 Å². The summed E-state index contributed by atoms with van der Waals surface area (Å²) < 4.78 is 16.8. The zero-order valence-corrected chi connectivity index (χ0v) is 17.7. The van der Waals surface area contributed by atoms with Gasteiger partial charge in [-0.1, -0.05) is 42.5 Å². The normalized spacial score (nSPS) is 11.2. The lowest BCUT2D eigenvalue weighted by Crippen LogP contribution is -1.98. The van der Waals surface area contributed by atoms with E-state index in [1.54, 1.807) is 12.4 Å². The maximum absolute atomic E-state index is 12.6. The largest absolute Gasteiger partial charge is 0.337 e. The number of para-hydroxylation sites is 2. The lowest BCUT2D eigenvalue weighted by molar-refractivity contribution is 0.455. The molecule has 32 heavy (non-hydrogen) atoms. The highest BCUT2D eigenvalue weighted by molar-refractivity contribution is 6.08. The molecule has 0 fully saturated rings. The van der Waals surface area contributed by atoms with E-state index in [2.05, 4.69) is 57.5 Å². The van der Waals surface area contributed by atoms with Crippen LogP contribution in [0.2, 0.25) is 0 Å². The van der Waals surface area contributed by atoms with Crippen LogP contribution in [0, 0.1) is 0 Å². The Balaban J connectivity index is 0.000000135. The first-order chi connectivity index (χ1) is 15.8. The minimum atomic E-state index is -0.358. The molecule has 4 aromatic heterocycles. The van der Waals surface area contributed by atoms with E-state index in [4.69, 9.17) is 0 Å². The first kappa shape index (κ1) is 19.9. The van der Waals surface area contributed by atoms with Gasteiger partial charge in [-0.05, 0) is 24.3 Å². The second kappa shape index (κ2) is 8.63. The Morgan fingerprint density at radius 3 is 1.75 bits per heavy atom. The zero-order chi connectivity index (χ0) is 21.9. The molecule has 158 valence electrons. The predicted octanol–water partition coefficient (Wildman–Crippen LogP) is 6.53. The molecule has 0 spiro atoms. The fraction of sp³-hybridized carbons (Fsp3) is 0.111. The monoisotopic (exact) mass is 422 g/mol. The molecule has 0 saturated carbocycles. The molecular formula is C27H23FN4. The Kier molecular flexibility index (Phi) is 5.38. The maximum Gasteiger partial charge on any atom is 0.107 e. The van der Waals surface area contributed by atoms with Crippen molar-refractivity contribution in [1.29, 1.82) is 0 Å². The molecule has 0 aliphatic rings. The highest BCUT2D eigenvalue weighted by Gasteiger charge is 2.09. The topological polar surface area (TPSA) is 35.6 Å². The van der Waals surface area contributed by atoms with Gasteiger partial charge in [-0.3, -0.25) is 9.97 Å². The lowest BCUT2D eigenvalue weighted by atomic mass is 10.2. The van der Waals surface area contributed by atoms with Crippen LogP contribution in [0.5, 0.6) is 0 Å². The minimum absolute atomic E-state index is 0.358. The molecule has 0 atom stereocenters. The van der Waals surface area contributed by atoms with Crippen molar-refractivity contribution in [2.45, 2.75) is 13.1 Å². The van der Waals surface area contributed by atoms with Crippen LogP contribution in [0.1, 0.15) is 0 Å². The summed E-state index contributed by atoms with van der Waals surface area (Å²) in [5.74, 6) is 0. The highest BCUT2D eigenvalue weighted by atomic mass is 19.1. The van der Waals surface area contributed by atoms with E-state index in [0.717, 1.165) is 28.4 Å². The van der Waals surface area contributed by atoms with E-state index >= 15 is 0 Å². The fourth-order valence-electron chi connectivity index (χ4n) is 4.44. The van der Waals surface area contributed by atoms with Gasteiger partial charge in [-0.2, -0.15) is 0 Å². The summed E-state index contributed by atoms with van der Waals surface area (Å²) in [6, 6.07) is 20.5. The van der Waals surface area contributed by atoms with Crippen molar-refractivity contribution >= 4 is 43.6 Å². The highest BCUT2D eigenvalue weighted by Crippen LogP contribution is 2.28. The second-order valence-electron chi connectivity index (χ2n) is 7.56. The third kappa shape index (κ3) is 3.32. The van der Waals surface area contributed by atoms with E-state index in [9.17, 15) is 4.39 Å². The zero-order valence-electron chi connectivity index (χ0n) is 17.7. The van der Waals surface area contributed by atoms with Crippen LogP contribution in [0.15, 0.2) is 98.1 Å². The first-order valence-corrected chi connectivity index (χ1v) is 10.6. The quantitative estimate of drug-likeness (QED) is 0.303. The molecule has 0 radical (unpaired) electrons. The van der Waals surface area contributed by atoms with Gasteiger partial charge < -0.3 is 9.13 Å². The van der Waals surface area contributed by atoms with Gasteiger partial charge in [0, 0.05) is 51.5 Å². The Bertz CT molecular complexity index is 1440. The van der Waals surface area contributed by atoms with Gasteiger partial charge in [0.05, 0.1) is 30.0 Å². The molecule has 0 amide bonds. The Morgan fingerprint density at radius 1 is 0.688 bits per heavy atom. The number of benzene rings is 2. The van der Waals surface area contributed by atoms with Gasteiger partial charge in [0.1, 0.15) is 6.67 Å². The molecule has 4 heterocycles. The van der Waals surface area contributed by atoms with Crippen molar-refractivity contribution in [3.63, 3.8) is 0 Å². The summed E-state index contributed by atoms with van der Waals surface area (Å²) in [5, 5.41) is 4.83. The molecule has 6 aromatic rings. The molecule has 0 saturated heterocycles. The fourth-order valence-corrected chi connectivity index (χ4v) is 4.44. The van der Waals surface area contributed by atoms with Crippen molar-refractivity contribution in [3.8, 4) is 0 Å². The second-order valence-corrected chi connectivity index (χ2v) is 7.56. The molecule has 2 aromatic carbocycles. The van der Waals surface area contributed by atoms with Crippen LogP contribution in [0.25, 0.3) is 43.6 Å². The van der Waals surface area contributed by atoms with Crippen molar-refractivity contribution in [3.05, 3.63) is 98.1 Å². The van der Waals surface area contributed by atoms with E-state index in [-0.39, 0.29) is 6.67 Å². The van der Waals surface area contributed by atoms with Gasteiger partial charge in [0.25, 0.3) is 0 Å². The molecular weight excluding hydrogens is 399 g/mol. The van der Waals surface area contributed by atoms with Gasteiger partial charge in [0.15, 0.2) is 0 Å². The number of aromatic nitrogens is 4. The number of hydrogen-bond donors (Lipinski definition) is 0. The van der Waals surface area contributed by atoms with Crippen LogP contribution in [0.3, 0.4) is 0 Å². The third-order valence-corrected chi connectivity index (χ3v) is 5.77. The Hall–Kier alpha value is -3.99. The van der Waals surface area contributed by atoms with Gasteiger partial charge in [0.2, 0.25) is 0 Å². The standard InChI is InChI=1S/C14H12N2.C13H11FN2/c1-2-9-16-13-6-4-3-5-11(13)12-7-8-15-10-14(12)16;14-6-8-16-12-4-2-1-3-10(12)11-5-7-15-9-13(11)16/h2-8,10H,1,9H2;1-5,7,9H,6,8H2. The number of allylic oxidation sites excluding steroid dienone is 1. The number of pyridine rings is 2. The smallest absolute Gasteiger partial charge is 0.107 e. The van der Waals surface area contributed by atoms with E-state index in [1.807, 2.05) is 47.3 Å². The average molecular weight is 423 g/mol. The summed E-state index contributed by atoms with van der Waals surface area (Å²) in [6.07, 6.45) is 9.24. The maximum atomic E-state index is 12.6. The number of halogens is 1. The molecule has 0 N–H and O–H groups in total. The van der Waals surface area contributed by atoms with Gasteiger partial charge in [-0.25, -0.2) is 4.39 Å². The van der Waals surface area contributed by atoms with Crippen LogP contribution in [-0.2, 0) is 13.1 Å². The number of hydrogen-bond acceptors (Lipinski definition) is 2. The molecule has 0 unspecified atom stereocenters. The van der Waals surface area contributed by atoms with E-state index in [0.29, 0.717) is 6.54 Å².